The molecule has 44 heavy (non-hydrogen) atoms. The van der Waals surface area contributed by atoms with Crippen LogP contribution >= 0.6 is 22.6 Å². The molecule has 4 aromatic carbocycles. The summed E-state index contributed by atoms with van der Waals surface area (Å²) in [5, 5.41) is 9.80. The van der Waals surface area contributed by atoms with Crippen molar-refractivity contribution in [3.63, 3.8) is 0 Å². The van der Waals surface area contributed by atoms with Crippen LogP contribution in [0.25, 0.3) is 23.3 Å². The van der Waals surface area contributed by atoms with E-state index in [2.05, 4.69) is 22.6 Å². The second-order valence-electron chi connectivity index (χ2n) is 11.0. The van der Waals surface area contributed by atoms with Crippen LogP contribution in [0.3, 0.4) is 0 Å². The molecule has 4 nitrogen and oxygen atoms in total. The fourth-order valence-electron chi connectivity index (χ4n) is 5.68. The van der Waals surface area contributed by atoms with Gasteiger partial charge in [0, 0.05) is 21.2 Å². The molecule has 0 aromatic heterocycles. The Morgan fingerprint density at radius 3 is 2.41 bits per heavy atom. The Balaban J connectivity index is 1.56. The van der Waals surface area contributed by atoms with E-state index in [0.717, 1.165) is 50.3 Å². The number of hydrogen-bond acceptors (Lipinski definition) is 3. The van der Waals surface area contributed by atoms with Crippen molar-refractivity contribution in [2.75, 3.05) is 6.54 Å². The van der Waals surface area contributed by atoms with E-state index in [1.807, 2.05) is 79.7 Å². The highest BCUT2D eigenvalue weighted by molar-refractivity contribution is 14.1. The Hall–Kier alpha value is -3.63. The van der Waals surface area contributed by atoms with Gasteiger partial charge in [0.2, 0.25) is 0 Å². The molecule has 8 heteroatoms. The van der Waals surface area contributed by atoms with Crippen LogP contribution in [0.4, 0.5) is 13.2 Å². The molecule has 1 atom stereocenters. The number of benzene rings is 4. The summed E-state index contributed by atoms with van der Waals surface area (Å²) in [6.45, 7) is 2.67. The number of piperidine rings is 1. The number of rotatable bonds is 9. The van der Waals surface area contributed by atoms with Crippen LogP contribution in [0.15, 0.2) is 84.9 Å². The third kappa shape index (κ3) is 7.53. The fourth-order valence-corrected chi connectivity index (χ4v) is 6.22. The maximum atomic E-state index is 14.6. The number of carbonyl (C=O) groups is 1. The van der Waals surface area contributed by atoms with E-state index in [-0.39, 0.29) is 18.7 Å². The van der Waals surface area contributed by atoms with Crippen molar-refractivity contribution in [2.45, 2.75) is 51.6 Å². The van der Waals surface area contributed by atoms with Crippen LogP contribution in [0.2, 0.25) is 0 Å². The van der Waals surface area contributed by atoms with Crippen molar-refractivity contribution < 1.29 is 27.8 Å². The number of ether oxygens (including phenoxy) is 1. The molecule has 1 fully saturated rings. The fraction of sp³-hybridized carbons (Fsp3) is 0.250. The topological polar surface area (TPSA) is 49.8 Å². The number of halogens is 4. The number of hydrogen-bond donors (Lipinski definition) is 1. The largest absolute Gasteiger partial charge is 0.489 e. The smallest absolute Gasteiger partial charge is 0.417 e. The average Bonchev–Trinajstić information content (AvgIpc) is 3.01. The summed E-state index contributed by atoms with van der Waals surface area (Å²) in [7, 11) is 0. The van der Waals surface area contributed by atoms with Crippen LogP contribution in [0, 0.1) is 10.5 Å². The molecular weight excluding hydrogens is 678 g/mol. The summed E-state index contributed by atoms with van der Waals surface area (Å²) >= 11 is 2.20. The monoisotopic (exact) mass is 711 g/mol. The third-order valence-electron chi connectivity index (χ3n) is 8.05. The Labute approximate surface area is 269 Å². The minimum Gasteiger partial charge on any atom is -0.489 e. The number of aliphatic carboxylic acids is 1. The zero-order valence-corrected chi connectivity index (χ0v) is 26.4. The second-order valence-corrected chi connectivity index (χ2v) is 12.1. The summed E-state index contributed by atoms with van der Waals surface area (Å²) in [6, 6.07) is 25.1. The minimum absolute atomic E-state index is 0.0167. The molecule has 0 unspecified atom stereocenters. The summed E-state index contributed by atoms with van der Waals surface area (Å²) < 4.78 is 50.9. The molecule has 0 radical (unpaired) electrons. The van der Waals surface area contributed by atoms with Crippen LogP contribution in [-0.2, 0) is 24.1 Å². The van der Waals surface area contributed by atoms with E-state index >= 15 is 0 Å². The first-order chi connectivity index (χ1) is 21.1. The lowest BCUT2D eigenvalue weighted by Gasteiger charge is -2.33. The molecule has 0 saturated carbocycles. The number of carboxylic acids is 1. The zero-order chi connectivity index (χ0) is 31.3. The van der Waals surface area contributed by atoms with Crippen LogP contribution in [-0.4, -0.2) is 28.6 Å². The highest BCUT2D eigenvalue weighted by atomic mass is 127. The molecule has 1 aliphatic rings. The minimum atomic E-state index is -4.63. The Kier molecular flexibility index (Phi) is 10.1. The average molecular weight is 712 g/mol. The molecule has 0 amide bonds. The van der Waals surface area contributed by atoms with Gasteiger partial charge in [0.1, 0.15) is 18.4 Å². The first-order valence-electron chi connectivity index (χ1n) is 14.5. The van der Waals surface area contributed by atoms with E-state index in [1.54, 1.807) is 11.0 Å². The molecule has 1 aliphatic heterocycles. The summed E-state index contributed by atoms with van der Waals surface area (Å²) in [4.78, 5) is 13.7. The Bertz CT molecular complexity index is 1650. The van der Waals surface area contributed by atoms with Gasteiger partial charge in [0.15, 0.2) is 0 Å². The van der Waals surface area contributed by atoms with E-state index in [4.69, 9.17) is 4.74 Å². The molecule has 1 heterocycles. The molecule has 228 valence electrons. The van der Waals surface area contributed by atoms with Crippen LogP contribution in [0.5, 0.6) is 5.75 Å². The Morgan fingerprint density at radius 2 is 1.68 bits per heavy atom. The lowest BCUT2D eigenvalue weighted by molar-refractivity contribution is -0.145. The van der Waals surface area contributed by atoms with Crippen molar-refractivity contribution in [2.24, 2.45) is 0 Å². The quantitative estimate of drug-likeness (QED) is 0.139. The maximum Gasteiger partial charge on any atom is 0.417 e. The van der Waals surface area contributed by atoms with Crippen LogP contribution in [0.1, 0.15) is 52.6 Å². The van der Waals surface area contributed by atoms with Gasteiger partial charge in [-0.05, 0) is 94.9 Å². The van der Waals surface area contributed by atoms with Gasteiger partial charge in [0.05, 0.1) is 5.56 Å². The van der Waals surface area contributed by atoms with Gasteiger partial charge in [-0.3, -0.25) is 9.69 Å². The predicted molar refractivity (Wildman–Crippen MR) is 176 cm³/mol. The van der Waals surface area contributed by atoms with Crippen molar-refractivity contribution in [1.29, 1.82) is 0 Å². The molecule has 0 spiro atoms. The zero-order valence-electron chi connectivity index (χ0n) is 24.3. The van der Waals surface area contributed by atoms with Crippen LogP contribution < -0.4 is 4.74 Å². The van der Waals surface area contributed by atoms with Crippen molar-refractivity contribution in [1.82, 2.24) is 4.90 Å². The molecule has 0 bridgehead atoms. The van der Waals surface area contributed by atoms with E-state index in [9.17, 15) is 23.1 Å². The summed E-state index contributed by atoms with van der Waals surface area (Å²) in [5.74, 6) is -0.656. The SMILES string of the molecule is Cc1c(/C=C/c2cc(OCc3ccccc3I)c(CN3CCCC[C@H]3C(=O)O)cc2C(F)(F)F)cccc1-c1ccccc1. The molecule has 1 saturated heterocycles. The van der Waals surface area contributed by atoms with E-state index < -0.39 is 23.8 Å². The number of alkyl halides is 3. The highest BCUT2D eigenvalue weighted by Gasteiger charge is 2.35. The van der Waals surface area contributed by atoms with Gasteiger partial charge in [-0.1, -0.05) is 85.3 Å². The Morgan fingerprint density at radius 1 is 0.955 bits per heavy atom. The normalized spacial score (nSPS) is 15.9. The van der Waals surface area contributed by atoms with Gasteiger partial charge in [-0.25, -0.2) is 0 Å². The molecule has 5 rings (SSSR count). The summed E-state index contributed by atoms with van der Waals surface area (Å²) in [6.07, 6.45) is 0.589. The van der Waals surface area contributed by atoms with Gasteiger partial charge in [-0.15, -0.1) is 0 Å². The third-order valence-corrected chi connectivity index (χ3v) is 9.11. The molecule has 1 N–H and O–H groups in total. The second kappa shape index (κ2) is 14.0. The molecule has 0 aliphatic carbocycles. The van der Waals surface area contributed by atoms with Crippen molar-refractivity contribution >= 4 is 40.7 Å². The lowest BCUT2D eigenvalue weighted by atomic mass is 9.95. The van der Waals surface area contributed by atoms with Gasteiger partial charge >= 0.3 is 12.1 Å². The lowest BCUT2D eigenvalue weighted by Crippen LogP contribution is -2.44. The summed E-state index contributed by atoms with van der Waals surface area (Å²) in [5.41, 5.74) is 4.23. The van der Waals surface area contributed by atoms with Gasteiger partial charge in [-0.2, -0.15) is 13.2 Å². The highest BCUT2D eigenvalue weighted by Crippen LogP contribution is 2.39. The number of likely N-dealkylation sites (tertiary alicyclic amines) is 1. The van der Waals surface area contributed by atoms with E-state index in [0.29, 0.717) is 24.3 Å². The van der Waals surface area contributed by atoms with Crippen molar-refractivity contribution in [3.8, 4) is 16.9 Å². The maximum absolute atomic E-state index is 14.6. The number of carboxylic acid groups (broad SMARTS) is 1. The van der Waals surface area contributed by atoms with E-state index in [1.165, 1.54) is 12.1 Å². The van der Waals surface area contributed by atoms with Crippen molar-refractivity contribution in [3.05, 3.63) is 122 Å². The standard InChI is InChI=1S/C36H33F3INO3/c1-24-25(13-9-14-30(24)26-10-3-2-4-11-26)17-18-27-21-34(44-23-28-12-5-6-15-32(28)40)29(20-31(27)36(37,38)39)22-41-19-8-7-16-33(41)35(42)43/h2-6,9-15,17-18,20-21,33H,7-8,16,19,22-23H2,1H3,(H,42,43)/b18-17+/t33-/m0/s1. The molecular formula is C36H33F3INO3. The number of nitrogens with zero attached hydrogens (tertiary/aromatic N) is 1. The van der Waals surface area contributed by atoms with Gasteiger partial charge in [0.25, 0.3) is 0 Å². The first kappa shape index (κ1) is 31.8. The molecule has 4 aromatic rings. The first-order valence-corrected chi connectivity index (χ1v) is 15.6. The predicted octanol–water partition coefficient (Wildman–Crippen LogP) is 9.47. The van der Waals surface area contributed by atoms with Gasteiger partial charge < -0.3 is 9.84 Å².